The fraction of sp³-hybridized carbons (Fsp3) is 0.111. The van der Waals surface area contributed by atoms with Crippen LogP contribution in [0.15, 0.2) is 29.1 Å². The maximum absolute atomic E-state index is 12.9. The van der Waals surface area contributed by atoms with Crippen LogP contribution in [0.4, 0.5) is 8.78 Å². The Morgan fingerprint density at radius 2 is 2.07 bits per heavy atom. The van der Waals surface area contributed by atoms with Crippen molar-refractivity contribution in [1.29, 1.82) is 0 Å². The number of hydrogen-bond acceptors (Lipinski definition) is 4. The van der Waals surface area contributed by atoms with Gasteiger partial charge in [-0.05, 0) is 17.7 Å². The molecule has 0 aliphatic heterocycles. The van der Waals surface area contributed by atoms with E-state index in [0.717, 1.165) is 18.5 Å². The molecule has 0 saturated heterocycles. The van der Waals surface area contributed by atoms with Crippen molar-refractivity contribution in [3.05, 3.63) is 47.6 Å². The summed E-state index contributed by atoms with van der Waals surface area (Å²) in [6, 6.07) is 2.67. The van der Waals surface area contributed by atoms with Crippen LogP contribution < -0.4 is 5.73 Å². The Hall–Kier alpha value is -1.82. The van der Waals surface area contributed by atoms with Gasteiger partial charge < -0.3 is 10.3 Å². The molecule has 1 aromatic carbocycles. The third-order valence-corrected chi connectivity index (χ3v) is 1.96. The van der Waals surface area contributed by atoms with Crippen LogP contribution in [0.3, 0.4) is 0 Å². The lowest BCUT2D eigenvalue weighted by atomic mass is 10.1. The Morgan fingerprint density at radius 1 is 1.27 bits per heavy atom. The Labute approximate surface area is 83.7 Å². The molecule has 6 heteroatoms. The highest BCUT2D eigenvalue weighted by Crippen LogP contribution is 2.18. The SMILES string of the molecule is NC(c1ccc(F)c(F)c1)c1ncon1. The second-order valence-corrected chi connectivity index (χ2v) is 2.94. The summed E-state index contributed by atoms with van der Waals surface area (Å²) >= 11 is 0. The van der Waals surface area contributed by atoms with Crippen molar-refractivity contribution in [3.8, 4) is 0 Å². The van der Waals surface area contributed by atoms with E-state index in [1.165, 1.54) is 6.07 Å². The molecule has 0 aliphatic rings. The summed E-state index contributed by atoms with van der Waals surface area (Å²) in [6.45, 7) is 0. The first kappa shape index (κ1) is 9.72. The van der Waals surface area contributed by atoms with Gasteiger partial charge in [-0.15, -0.1) is 0 Å². The summed E-state index contributed by atoms with van der Waals surface area (Å²) in [5, 5.41) is 3.52. The molecule has 0 bridgehead atoms. The van der Waals surface area contributed by atoms with Crippen LogP contribution in [0.2, 0.25) is 0 Å². The number of halogens is 2. The van der Waals surface area contributed by atoms with Gasteiger partial charge in [0, 0.05) is 0 Å². The maximum atomic E-state index is 12.9. The van der Waals surface area contributed by atoms with E-state index in [4.69, 9.17) is 5.73 Å². The van der Waals surface area contributed by atoms with Crippen molar-refractivity contribution < 1.29 is 13.3 Å². The lowest BCUT2D eigenvalue weighted by molar-refractivity contribution is 0.407. The molecule has 0 radical (unpaired) electrons. The third kappa shape index (κ3) is 1.84. The molecule has 1 unspecified atom stereocenters. The largest absolute Gasteiger partial charge is 0.343 e. The van der Waals surface area contributed by atoms with Gasteiger partial charge in [-0.1, -0.05) is 11.2 Å². The number of nitrogens with two attached hydrogens (primary N) is 1. The summed E-state index contributed by atoms with van der Waals surface area (Å²) in [6.07, 6.45) is 1.12. The van der Waals surface area contributed by atoms with Crippen LogP contribution in [0.1, 0.15) is 17.4 Å². The normalized spacial score (nSPS) is 12.7. The summed E-state index contributed by atoms with van der Waals surface area (Å²) < 4.78 is 30.0. The van der Waals surface area contributed by atoms with E-state index in [9.17, 15) is 8.78 Å². The minimum atomic E-state index is -0.952. The van der Waals surface area contributed by atoms with E-state index in [1.807, 2.05) is 0 Å². The average molecular weight is 211 g/mol. The molecule has 15 heavy (non-hydrogen) atoms. The Bertz CT molecular complexity index is 458. The van der Waals surface area contributed by atoms with Crippen LogP contribution in [-0.2, 0) is 0 Å². The molecule has 2 rings (SSSR count). The zero-order valence-electron chi connectivity index (χ0n) is 7.52. The zero-order valence-corrected chi connectivity index (χ0v) is 7.52. The van der Waals surface area contributed by atoms with Gasteiger partial charge in [-0.2, -0.15) is 4.98 Å². The second-order valence-electron chi connectivity index (χ2n) is 2.94. The van der Waals surface area contributed by atoms with Gasteiger partial charge in [0.2, 0.25) is 6.39 Å². The van der Waals surface area contributed by atoms with E-state index >= 15 is 0 Å². The Balaban J connectivity index is 2.34. The van der Waals surface area contributed by atoms with Gasteiger partial charge in [0.15, 0.2) is 17.5 Å². The van der Waals surface area contributed by atoms with Crippen molar-refractivity contribution in [3.63, 3.8) is 0 Å². The van der Waals surface area contributed by atoms with E-state index in [1.54, 1.807) is 0 Å². The van der Waals surface area contributed by atoms with Gasteiger partial charge in [-0.25, -0.2) is 8.78 Å². The van der Waals surface area contributed by atoms with E-state index in [2.05, 4.69) is 14.7 Å². The van der Waals surface area contributed by atoms with E-state index < -0.39 is 17.7 Å². The lowest BCUT2D eigenvalue weighted by Crippen LogP contribution is -2.13. The van der Waals surface area contributed by atoms with Crippen molar-refractivity contribution in [1.82, 2.24) is 10.1 Å². The average Bonchev–Trinajstić information content (AvgIpc) is 2.74. The highest BCUT2D eigenvalue weighted by atomic mass is 19.2. The number of aromatic nitrogens is 2. The summed E-state index contributed by atoms with van der Waals surface area (Å²) in [5.41, 5.74) is 6.09. The monoisotopic (exact) mass is 211 g/mol. The van der Waals surface area contributed by atoms with E-state index in [-0.39, 0.29) is 5.82 Å². The van der Waals surface area contributed by atoms with Crippen molar-refractivity contribution >= 4 is 0 Å². The fourth-order valence-electron chi connectivity index (χ4n) is 1.17. The minimum Gasteiger partial charge on any atom is -0.343 e. The van der Waals surface area contributed by atoms with Gasteiger partial charge >= 0.3 is 0 Å². The first-order valence-corrected chi connectivity index (χ1v) is 4.15. The predicted octanol–water partition coefficient (Wildman–Crippen LogP) is 1.40. The smallest absolute Gasteiger partial charge is 0.213 e. The van der Waals surface area contributed by atoms with Gasteiger partial charge in [-0.3, -0.25) is 0 Å². The highest BCUT2D eigenvalue weighted by Gasteiger charge is 2.15. The first-order chi connectivity index (χ1) is 7.18. The quantitative estimate of drug-likeness (QED) is 0.815. The van der Waals surface area contributed by atoms with Crippen LogP contribution in [0.5, 0.6) is 0 Å². The van der Waals surface area contributed by atoms with Crippen molar-refractivity contribution in [2.45, 2.75) is 6.04 Å². The van der Waals surface area contributed by atoms with Crippen LogP contribution in [0, 0.1) is 11.6 Å². The fourth-order valence-corrected chi connectivity index (χ4v) is 1.17. The standard InChI is InChI=1S/C9H7F2N3O/c10-6-2-1-5(3-7(6)11)8(12)9-13-4-15-14-9/h1-4,8H,12H2. The molecule has 1 heterocycles. The molecular weight excluding hydrogens is 204 g/mol. The van der Waals surface area contributed by atoms with Gasteiger partial charge in [0.1, 0.15) is 0 Å². The molecule has 0 spiro atoms. The number of rotatable bonds is 2. The Kier molecular flexibility index (Phi) is 2.42. The number of nitrogens with zero attached hydrogens (tertiary/aromatic N) is 2. The van der Waals surface area contributed by atoms with Crippen molar-refractivity contribution in [2.24, 2.45) is 5.73 Å². The number of hydrogen-bond donors (Lipinski definition) is 1. The van der Waals surface area contributed by atoms with Crippen LogP contribution >= 0.6 is 0 Å². The molecule has 0 fully saturated rings. The third-order valence-electron chi connectivity index (χ3n) is 1.96. The minimum absolute atomic E-state index is 0.223. The molecular formula is C9H7F2N3O. The lowest BCUT2D eigenvalue weighted by Gasteiger charge is -2.07. The summed E-state index contributed by atoms with van der Waals surface area (Å²) in [7, 11) is 0. The van der Waals surface area contributed by atoms with Gasteiger partial charge in [0.25, 0.3) is 0 Å². The molecule has 78 valence electrons. The Morgan fingerprint density at radius 3 is 2.67 bits per heavy atom. The maximum Gasteiger partial charge on any atom is 0.213 e. The number of benzene rings is 1. The summed E-state index contributed by atoms with van der Waals surface area (Å²) in [5.74, 6) is -1.65. The van der Waals surface area contributed by atoms with Crippen molar-refractivity contribution in [2.75, 3.05) is 0 Å². The molecule has 2 aromatic rings. The zero-order chi connectivity index (χ0) is 10.8. The predicted molar refractivity (Wildman–Crippen MR) is 46.7 cm³/mol. The molecule has 4 nitrogen and oxygen atoms in total. The molecule has 1 atom stereocenters. The first-order valence-electron chi connectivity index (χ1n) is 4.15. The molecule has 0 saturated carbocycles. The van der Waals surface area contributed by atoms with Crippen LogP contribution in [-0.4, -0.2) is 10.1 Å². The summed E-state index contributed by atoms with van der Waals surface area (Å²) in [4.78, 5) is 3.73. The highest BCUT2D eigenvalue weighted by molar-refractivity contribution is 5.25. The molecule has 0 amide bonds. The second kappa shape index (κ2) is 3.74. The van der Waals surface area contributed by atoms with E-state index in [0.29, 0.717) is 5.56 Å². The molecule has 1 aromatic heterocycles. The molecule has 0 aliphatic carbocycles. The van der Waals surface area contributed by atoms with Gasteiger partial charge in [0.05, 0.1) is 6.04 Å². The van der Waals surface area contributed by atoms with Crippen LogP contribution in [0.25, 0.3) is 0 Å². The molecule has 2 N–H and O–H groups in total. The topological polar surface area (TPSA) is 64.9 Å².